The molecular weight excluding hydrogens is 414 g/mol. The molecule has 0 unspecified atom stereocenters. The van der Waals surface area contributed by atoms with Crippen LogP contribution in [0.4, 0.5) is 0 Å². The Morgan fingerprint density at radius 3 is 2.74 bits per heavy atom. The van der Waals surface area contributed by atoms with Gasteiger partial charge >= 0.3 is 0 Å². The van der Waals surface area contributed by atoms with Crippen LogP contribution in [0.5, 0.6) is 0 Å². The number of hydrogen-bond acceptors (Lipinski definition) is 4. The van der Waals surface area contributed by atoms with Gasteiger partial charge in [0.05, 0.1) is 0 Å². The number of rotatable bonds is 3. The fraction of sp³-hybridized carbons (Fsp3) is 0.0588. The molecule has 1 aliphatic heterocycles. The maximum Gasteiger partial charge on any atom is 0.244 e. The molecule has 23 heavy (non-hydrogen) atoms. The molecule has 0 saturated heterocycles. The Kier molecular flexibility index (Phi) is 5.64. The van der Waals surface area contributed by atoms with E-state index in [1.54, 1.807) is 11.8 Å². The lowest BCUT2D eigenvalue weighted by atomic mass is 10.2. The van der Waals surface area contributed by atoms with Crippen LogP contribution in [0.25, 0.3) is 6.08 Å². The molecule has 2 nitrogen and oxygen atoms in total. The second-order valence-corrected chi connectivity index (χ2v) is 8.30. The van der Waals surface area contributed by atoms with Gasteiger partial charge in [-0.1, -0.05) is 63.6 Å². The first kappa shape index (κ1) is 16.8. The second kappa shape index (κ2) is 7.71. The second-order valence-electron chi connectivity index (χ2n) is 4.77. The van der Waals surface area contributed by atoms with Crippen LogP contribution in [0.3, 0.4) is 0 Å². The minimum absolute atomic E-state index is 0.0106. The summed E-state index contributed by atoms with van der Waals surface area (Å²) in [5.74, 6) is 0.764. The van der Waals surface area contributed by atoms with E-state index in [2.05, 4.69) is 20.9 Å². The van der Waals surface area contributed by atoms with Crippen molar-refractivity contribution >= 4 is 66.6 Å². The Morgan fingerprint density at radius 2 is 2.00 bits per heavy atom. The van der Waals surface area contributed by atoms with Gasteiger partial charge in [-0.15, -0.1) is 0 Å². The van der Waals surface area contributed by atoms with Crippen molar-refractivity contribution in [2.24, 2.45) is 4.99 Å². The molecular formula is C17H11BrClNOS2. The number of nitrogens with zero attached hydrogens (tertiary/aromatic N) is 1. The minimum atomic E-state index is -0.0106. The van der Waals surface area contributed by atoms with Crippen molar-refractivity contribution in [3.8, 4) is 0 Å². The van der Waals surface area contributed by atoms with E-state index >= 15 is 0 Å². The third-order valence-electron chi connectivity index (χ3n) is 3.03. The van der Waals surface area contributed by atoms with Crippen LogP contribution < -0.4 is 0 Å². The summed E-state index contributed by atoms with van der Waals surface area (Å²) in [5, 5.41) is 0.712. The number of aliphatic imine (C=N–C) groups is 1. The summed E-state index contributed by atoms with van der Waals surface area (Å²) < 4.78 is 1.76. The summed E-state index contributed by atoms with van der Waals surface area (Å²) in [6.07, 6.45) is 1.82. The third-order valence-corrected chi connectivity index (χ3v) is 5.85. The van der Waals surface area contributed by atoms with Crippen LogP contribution in [0.2, 0.25) is 5.02 Å². The molecule has 0 N–H and O–H groups in total. The molecule has 2 aromatic rings. The Labute approximate surface area is 156 Å². The van der Waals surface area contributed by atoms with Gasteiger partial charge in [-0.25, -0.2) is 4.99 Å². The third kappa shape index (κ3) is 4.73. The first-order valence-corrected chi connectivity index (χ1v) is 9.73. The highest BCUT2D eigenvalue weighted by molar-refractivity contribution is 9.10. The molecule has 0 radical (unpaired) electrons. The van der Waals surface area contributed by atoms with Gasteiger partial charge in [0.2, 0.25) is 5.12 Å². The van der Waals surface area contributed by atoms with E-state index in [1.807, 2.05) is 54.6 Å². The van der Waals surface area contributed by atoms with Crippen LogP contribution in [-0.2, 0) is 10.5 Å². The van der Waals surface area contributed by atoms with Crippen molar-refractivity contribution in [1.82, 2.24) is 0 Å². The van der Waals surface area contributed by atoms with Gasteiger partial charge < -0.3 is 0 Å². The lowest BCUT2D eigenvalue weighted by Crippen LogP contribution is -1.88. The molecule has 1 aliphatic rings. The van der Waals surface area contributed by atoms with Crippen molar-refractivity contribution in [3.05, 3.63) is 74.9 Å². The predicted octanol–water partition coefficient (Wildman–Crippen LogP) is 6.01. The summed E-state index contributed by atoms with van der Waals surface area (Å²) >= 11 is 12.1. The maximum atomic E-state index is 12.1. The molecule has 116 valence electrons. The molecule has 2 aromatic carbocycles. The molecule has 0 saturated carbocycles. The van der Waals surface area contributed by atoms with E-state index in [0.717, 1.165) is 30.8 Å². The van der Waals surface area contributed by atoms with Gasteiger partial charge in [0.1, 0.15) is 10.1 Å². The van der Waals surface area contributed by atoms with E-state index in [4.69, 9.17) is 11.6 Å². The first-order chi connectivity index (χ1) is 11.1. The van der Waals surface area contributed by atoms with Crippen molar-refractivity contribution in [2.75, 3.05) is 0 Å². The first-order valence-electron chi connectivity index (χ1n) is 6.75. The van der Waals surface area contributed by atoms with Crippen molar-refractivity contribution < 1.29 is 4.79 Å². The highest BCUT2D eigenvalue weighted by atomic mass is 79.9. The van der Waals surface area contributed by atoms with Crippen LogP contribution in [0.1, 0.15) is 11.1 Å². The van der Waals surface area contributed by atoms with Crippen LogP contribution >= 0.6 is 51.1 Å². The molecule has 0 amide bonds. The fourth-order valence-electron chi connectivity index (χ4n) is 1.93. The van der Waals surface area contributed by atoms with Gasteiger partial charge in [0.25, 0.3) is 0 Å². The standard InChI is InChI=1S/C17H11BrClNOS2/c18-13-3-1-2-12(8-13)9-15-16(21)23-17(20-15)22-10-11-4-6-14(19)7-5-11/h1-9H,10H2/b15-9+. The monoisotopic (exact) mass is 423 g/mol. The largest absolute Gasteiger partial charge is 0.279 e. The van der Waals surface area contributed by atoms with Crippen LogP contribution in [0.15, 0.2) is 63.7 Å². The number of hydrogen-bond donors (Lipinski definition) is 0. The summed E-state index contributed by atoms with van der Waals surface area (Å²) in [6, 6.07) is 15.5. The quantitative estimate of drug-likeness (QED) is 0.565. The zero-order chi connectivity index (χ0) is 16.2. The van der Waals surface area contributed by atoms with Gasteiger partial charge in [-0.2, -0.15) is 0 Å². The van der Waals surface area contributed by atoms with Crippen LogP contribution in [-0.4, -0.2) is 9.49 Å². The van der Waals surface area contributed by atoms with E-state index in [-0.39, 0.29) is 5.12 Å². The normalized spacial score (nSPS) is 16.0. The predicted molar refractivity (Wildman–Crippen MR) is 105 cm³/mol. The molecule has 6 heteroatoms. The zero-order valence-corrected chi connectivity index (χ0v) is 15.8. The lowest BCUT2D eigenvalue weighted by Gasteiger charge is -1.99. The smallest absolute Gasteiger partial charge is 0.244 e. The molecule has 0 aromatic heterocycles. The average molecular weight is 425 g/mol. The number of thioether (sulfide) groups is 2. The lowest BCUT2D eigenvalue weighted by molar-refractivity contribution is -0.107. The Balaban J connectivity index is 1.70. The van der Waals surface area contributed by atoms with Gasteiger partial charge in [-0.05, 0) is 53.2 Å². The highest BCUT2D eigenvalue weighted by Crippen LogP contribution is 2.32. The summed E-state index contributed by atoms with van der Waals surface area (Å²) in [6.45, 7) is 0. The Hall–Kier alpha value is -1.01. The summed E-state index contributed by atoms with van der Waals surface area (Å²) in [5.41, 5.74) is 2.60. The van der Waals surface area contributed by atoms with Gasteiger partial charge in [-0.3, -0.25) is 4.79 Å². The molecule has 0 atom stereocenters. The van der Waals surface area contributed by atoms with Crippen molar-refractivity contribution in [3.63, 3.8) is 0 Å². The Morgan fingerprint density at radius 1 is 1.22 bits per heavy atom. The molecule has 0 bridgehead atoms. The van der Waals surface area contributed by atoms with Crippen molar-refractivity contribution in [1.29, 1.82) is 0 Å². The summed E-state index contributed by atoms with van der Waals surface area (Å²) in [4.78, 5) is 16.5. The SMILES string of the molecule is O=C1SC(SCc2ccc(Cl)cc2)=N/C1=C/c1cccc(Br)c1. The molecule has 0 fully saturated rings. The Bertz CT molecular complexity index is 802. The van der Waals surface area contributed by atoms with Gasteiger partial charge in [0, 0.05) is 15.2 Å². The van der Waals surface area contributed by atoms with Crippen molar-refractivity contribution in [2.45, 2.75) is 5.75 Å². The fourth-order valence-corrected chi connectivity index (χ4v) is 4.27. The molecule has 0 aliphatic carbocycles. The molecule has 1 heterocycles. The number of benzene rings is 2. The average Bonchev–Trinajstić information content (AvgIpc) is 2.87. The number of carbonyl (C=O) groups excluding carboxylic acids is 1. The van der Waals surface area contributed by atoms with E-state index < -0.39 is 0 Å². The topological polar surface area (TPSA) is 29.4 Å². The minimum Gasteiger partial charge on any atom is -0.279 e. The zero-order valence-electron chi connectivity index (χ0n) is 11.8. The van der Waals surface area contributed by atoms with E-state index in [1.165, 1.54) is 11.8 Å². The van der Waals surface area contributed by atoms with E-state index in [0.29, 0.717) is 5.70 Å². The van der Waals surface area contributed by atoms with E-state index in [9.17, 15) is 4.79 Å². The highest BCUT2D eigenvalue weighted by Gasteiger charge is 2.22. The molecule has 0 spiro atoms. The number of carbonyl (C=O) groups is 1. The van der Waals surface area contributed by atoms with Gasteiger partial charge in [0.15, 0.2) is 0 Å². The number of halogens is 2. The maximum absolute atomic E-state index is 12.1. The molecule has 3 rings (SSSR count). The summed E-state index contributed by atoms with van der Waals surface area (Å²) in [7, 11) is 0. The van der Waals surface area contributed by atoms with Crippen LogP contribution in [0, 0.1) is 0 Å².